The van der Waals surface area contributed by atoms with E-state index < -0.39 is 0 Å². The highest BCUT2D eigenvalue weighted by Gasteiger charge is 2.27. The van der Waals surface area contributed by atoms with Gasteiger partial charge in [0.05, 0.1) is 18.3 Å². The molecule has 0 aromatic rings. The Morgan fingerprint density at radius 3 is 2.14 bits per heavy atom. The number of aliphatic hydroxyl groups excluding tert-OH is 1. The van der Waals surface area contributed by atoms with Gasteiger partial charge in [0.2, 0.25) is 0 Å². The van der Waals surface area contributed by atoms with Gasteiger partial charge in [-0.1, -0.05) is 32.1 Å². The minimum Gasteiger partial charge on any atom is -0.390 e. The third kappa shape index (κ3) is 2.71. The summed E-state index contributed by atoms with van der Waals surface area (Å²) in [5.74, 6) is 0. The minimum atomic E-state index is -0.189. The van der Waals surface area contributed by atoms with Crippen molar-refractivity contribution in [1.82, 2.24) is 0 Å². The first-order valence-electron chi connectivity index (χ1n) is 6.20. The maximum Gasteiger partial charge on any atom is 0.0837 e. The zero-order valence-electron chi connectivity index (χ0n) is 8.95. The van der Waals surface area contributed by atoms with Crippen LogP contribution in [0, 0.1) is 0 Å². The third-order valence-corrected chi connectivity index (χ3v) is 3.59. The zero-order valence-corrected chi connectivity index (χ0v) is 8.95. The summed E-state index contributed by atoms with van der Waals surface area (Å²) in [5.41, 5.74) is 0. The molecule has 2 heteroatoms. The predicted molar refractivity (Wildman–Crippen MR) is 56.2 cm³/mol. The molecule has 82 valence electrons. The molecule has 0 radical (unpaired) electrons. The summed E-state index contributed by atoms with van der Waals surface area (Å²) in [6.07, 6.45) is 11.2. The van der Waals surface area contributed by atoms with Crippen molar-refractivity contribution in [3.05, 3.63) is 0 Å². The highest BCUT2D eigenvalue weighted by molar-refractivity contribution is 4.77. The van der Waals surface area contributed by atoms with Crippen LogP contribution < -0.4 is 0 Å². The molecule has 0 aromatic carbocycles. The molecular weight excluding hydrogens is 176 g/mol. The Kier molecular flexibility index (Phi) is 3.82. The third-order valence-electron chi connectivity index (χ3n) is 3.59. The van der Waals surface area contributed by atoms with Crippen LogP contribution in [0.5, 0.6) is 0 Å². The first-order valence-corrected chi connectivity index (χ1v) is 6.20. The van der Waals surface area contributed by atoms with Crippen LogP contribution in [0.1, 0.15) is 57.8 Å². The van der Waals surface area contributed by atoms with Gasteiger partial charge < -0.3 is 9.84 Å². The van der Waals surface area contributed by atoms with Crippen molar-refractivity contribution in [1.29, 1.82) is 0 Å². The van der Waals surface area contributed by atoms with Gasteiger partial charge in [-0.25, -0.2) is 0 Å². The molecule has 2 aliphatic carbocycles. The lowest BCUT2D eigenvalue weighted by atomic mass is 9.93. The van der Waals surface area contributed by atoms with Gasteiger partial charge >= 0.3 is 0 Å². The van der Waals surface area contributed by atoms with Gasteiger partial charge in [-0.3, -0.25) is 0 Å². The second-order valence-corrected chi connectivity index (χ2v) is 4.79. The van der Waals surface area contributed by atoms with Gasteiger partial charge in [-0.2, -0.15) is 0 Å². The van der Waals surface area contributed by atoms with E-state index in [-0.39, 0.29) is 12.2 Å². The Morgan fingerprint density at radius 1 is 0.786 bits per heavy atom. The molecule has 0 amide bonds. The van der Waals surface area contributed by atoms with Gasteiger partial charge in [0.15, 0.2) is 0 Å². The van der Waals surface area contributed by atoms with E-state index in [1.54, 1.807) is 0 Å². The molecule has 2 rings (SSSR count). The summed E-state index contributed by atoms with van der Waals surface area (Å²) < 4.78 is 5.99. The van der Waals surface area contributed by atoms with Crippen molar-refractivity contribution in [2.24, 2.45) is 0 Å². The highest BCUT2D eigenvalue weighted by atomic mass is 16.5. The SMILES string of the molecule is O[C@H]1CCCC[C@H]1OC1CCCCC1. The van der Waals surface area contributed by atoms with E-state index in [0.717, 1.165) is 12.8 Å². The normalized spacial score (nSPS) is 35.8. The summed E-state index contributed by atoms with van der Waals surface area (Å²) in [5, 5.41) is 9.77. The average molecular weight is 198 g/mol. The van der Waals surface area contributed by atoms with Crippen LogP contribution in [0.25, 0.3) is 0 Å². The van der Waals surface area contributed by atoms with Crippen molar-refractivity contribution >= 4 is 0 Å². The topological polar surface area (TPSA) is 29.5 Å². The molecule has 0 bridgehead atoms. The molecular formula is C12H22O2. The molecule has 2 saturated carbocycles. The van der Waals surface area contributed by atoms with E-state index >= 15 is 0 Å². The smallest absolute Gasteiger partial charge is 0.0837 e. The number of rotatable bonds is 2. The van der Waals surface area contributed by atoms with Crippen LogP contribution in [0.2, 0.25) is 0 Å². The van der Waals surface area contributed by atoms with Gasteiger partial charge in [-0.05, 0) is 25.7 Å². The summed E-state index contributed by atoms with van der Waals surface area (Å²) in [6.45, 7) is 0. The molecule has 0 aliphatic heterocycles. The predicted octanol–water partition coefficient (Wildman–Crippen LogP) is 2.64. The van der Waals surface area contributed by atoms with E-state index in [9.17, 15) is 5.11 Å². The molecule has 1 N–H and O–H groups in total. The maximum absolute atomic E-state index is 9.77. The molecule has 0 heterocycles. The van der Waals surface area contributed by atoms with Gasteiger partial charge in [0, 0.05) is 0 Å². The van der Waals surface area contributed by atoms with Crippen molar-refractivity contribution in [2.75, 3.05) is 0 Å². The summed E-state index contributed by atoms with van der Waals surface area (Å²) in [4.78, 5) is 0. The lowest BCUT2D eigenvalue weighted by Crippen LogP contribution is -2.36. The van der Waals surface area contributed by atoms with Crippen molar-refractivity contribution in [3.8, 4) is 0 Å². The first-order chi connectivity index (χ1) is 6.86. The van der Waals surface area contributed by atoms with Crippen LogP contribution >= 0.6 is 0 Å². The second-order valence-electron chi connectivity index (χ2n) is 4.79. The minimum absolute atomic E-state index is 0.145. The Labute approximate surface area is 86.6 Å². The zero-order chi connectivity index (χ0) is 9.80. The van der Waals surface area contributed by atoms with Crippen molar-refractivity contribution < 1.29 is 9.84 Å². The lowest BCUT2D eigenvalue weighted by Gasteiger charge is -2.33. The first kappa shape index (κ1) is 10.4. The quantitative estimate of drug-likeness (QED) is 0.739. The van der Waals surface area contributed by atoms with Crippen molar-refractivity contribution in [2.45, 2.75) is 76.1 Å². The summed E-state index contributed by atoms with van der Waals surface area (Å²) in [7, 11) is 0. The molecule has 0 aromatic heterocycles. The van der Waals surface area contributed by atoms with Crippen LogP contribution in [0.15, 0.2) is 0 Å². The number of aliphatic hydroxyl groups is 1. The van der Waals surface area contributed by atoms with Crippen LogP contribution in [-0.2, 0) is 4.74 Å². The number of hydrogen-bond donors (Lipinski definition) is 1. The highest BCUT2D eigenvalue weighted by Crippen LogP contribution is 2.27. The fourth-order valence-corrected chi connectivity index (χ4v) is 2.68. The largest absolute Gasteiger partial charge is 0.390 e. The molecule has 14 heavy (non-hydrogen) atoms. The maximum atomic E-state index is 9.77. The standard InChI is InChI=1S/C12H22O2/c13-11-8-4-5-9-12(11)14-10-6-2-1-3-7-10/h10-13H,1-9H2/t11-,12+/m0/s1. The summed E-state index contributed by atoms with van der Waals surface area (Å²) >= 11 is 0. The van der Waals surface area contributed by atoms with Gasteiger partial charge in [0.25, 0.3) is 0 Å². The Balaban J connectivity index is 1.76. The molecule has 2 nitrogen and oxygen atoms in total. The molecule has 2 aliphatic rings. The Bertz CT molecular complexity index is 164. The molecule has 0 unspecified atom stereocenters. The van der Waals surface area contributed by atoms with Crippen molar-refractivity contribution in [3.63, 3.8) is 0 Å². The van der Waals surface area contributed by atoms with E-state index in [2.05, 4.69) is 0 Å². The van der Waals surface area contributed by atoms with Crippen LogP contribution in [0.4, 0.5) is 0 Å². The van der Waals surface area contributed by atoms with E-state index in [1.807, 2.05) is 0 Å². The van der Waals surface area contributed by atoms with Crippen LogP contribution in [0.3, 0.4) is 0 Å². The Hall–Kier alpha value is -0.0800. The molecule has 0 spiro atoms. The van der Waals surface area contributed by atoms with Crippen LogP contribution in [-0.4, -0.2) is 23.4 Å². The van der Waals surface area contributed by atoms with E-state index in [0.29, 0.717) is 6.10 Å². The molecule has 2 atom stereocenters. The lowest BCUT2D eigenvalue weighted by molar-refractivity contribution is -0.102. The van der Waals surface area contributed by atoms with E-state index in [4.69, 9.17) is 4.74 Å². The second kappa shape index (κ2) is 5.13. The number of hydrogen-bond acceptors (Lipinski definition) is 2. The average Bonchev–Trinajstić information content (AvgIpc) is 2.23. The monoisotopic (exact) mass is 198 g/mol. The number of ether oxygens (including phenoxy) is 1. The summed E-state index contributed by atoms with van der Waals surface area (Å²) in [6, 6.07) is 0. The Morgan fingerprint density at radius 2 is 1.43 bits per heavy atom. The van der Waals surface area contributed by atoms with Gasteiger partial charge in [-0.15, -0.1) is 0 Å². The fourth-order valence-electron chi connectivity index (χ4n) is 2.68. The van der Waals surface area contributed by atoms with Gasteiger partial charge in [0.1, 0.15) is 0 Å². The van der Waals surface area contributed by atoms with E-state index in [1.165, 1.54) is 44.9 Å². The molecule has 0 saturated heterocycles. The fraction of sp³-hybridized carbons (Fsp3) is 1.00. The molecule has 2 fully saturated rings.